The van der Waals surface area contributed by atoms with Gasteiger partial charge in [0.15, 0.2) is 4.34 Å². The van der Waals surface area contributed by atoms with Crippen molar-refractivity contribution in [2.75, 3.05) is 16.4 Å². The molecule has 146 valence electrons. The molecule has 0 fully saturated rings. The zero-order chi connectivity index (χ0) is 20.2. The molecule has 27 heavy (non-hydrogen) atoms. The van der Waals surface area contributed by atoms with Crippen LogP contribution in [0.1, 0.15) is 37.5 Å². The number of aryl methyl sites for hydroxylation is 3. The number of rotatable bonds is 5. The van der Waals surface area contributed by atoms with Crippen molar-refractivity contribution in [3.63, 3.8) is 0 Å². The number of carbonyl (C=O) groups is 2. The highest BCUT2D eigenvalue weighted by Crippen LogP contribution is 2.26. The first kappa shape index (κ1) is 21.2. The van der Waals surface area contributed by atoms with Gasteiger partial charge in [0.25, 0.3) is 0 Å². The maximum Gasteiger partial charge on any atom is 0.321 e. The predicted octanol–water partition coefficient (Wildman–Crippen LogP) is 4.11. The molecular weight excluding hydrogens is 382 g/mol. The van der Waals surface area contributed by atoms with E-state index in [-0.39, 0.29) is 23.2 Å². The summed E-state index contributed by atoms with van der Waals surface area (Å²) in [5.74, 6) is 0.112. The van der Waals surface area contributed by atoms with Crippen LogP contribution in [0.25, 0.3) is 0 Å². The lowest BCUT2D eigenvalue weighted by atomic mass is 10.1. The number of urea groups is 1. The molecular formula is C18H25N5O2S2. The van der Waals surface area contributed by atoms with Crippen LogP contribution in [-0.2, 0) is 4.79 Å². The monoisotopic (exact) mass is 407 g/mol. The average molecular weight is 408 g/mol. The molecule has 0 spiro atoms. The quantitative estimate of drug-likeness (QED) is 0.512. The molecule has 1 aromatic heterocycles. The van der Waals surface area contributed by atoms with Crippen LogP contribution in [0.15, 0.2) is 16.5 Å². The van der Waals surface area contributed by atoms with E-state index in [1.165, 1.54) is 28.7 Å². The number of aromatic nitrogens is 2. The Morgan fingerprint density at radius 1 is 1.07 bits per heavy atom. The van der Waals surface area contributed by atoms with Crippen molar-refractivity contribution in [1.82, 2.24) is 15.5 Å². The fourth-order valence-electron chi connectivity index (χ4n) is 2.47. The van der Waals surface area contributed by atoms with Gasteiger partial charge >= 0.3 is 6.03 Å². The van der Waals surface area contributed by atoms with Gasteiger partial charge in [-0.05, 0) is 52.7 Å². The summed E-state index contributed by atoms with van der Waals surface area (Å²) in [4.78, 5) is 24.1. The number of hydrogen-bond donors (Lipinski definition) is 3. The molecule has 0 unspecified atom stereocenters. The number of carbonyl (C=O) groups excluding carboxylic acids is 2. The van der Waals surface area contributed by atoms with Gasteiger partial charge in [0.05, 0.1) is 5.75 Å². The molecule has 7 nitrogen and oxygen atoms in total. The molecule has 2 rings (SSSR count). The fourth-order valence-corrected chi connectivity index (χ4v) is 4.01. The Bertz CT molecular complexity index is 820. The van der Waals surface area contributed by atoms with Gasteiger partial charge in [-0.25, -0.2) is 4.79 Å². The first-order valence-corrected chi connectivity index (χ1v) is 10.3. The van der Waals surface area contributed by atoms with Crippen molar-refractivity contribution in [1.29, 1.82) is 0 Å². The second-order valence-electron chi connectivity index (χ2n) is 7.31. The summed E-state index contributed by atoms with van der Waals surface area (Å²) in [7, 11) is 0. The number of benzene rings is 1. The molecule has 0 saturated heterocycles. The summed E-state index contributed by atoms with van der Waals surface area (Å²) >= 11 is 2.52. The topological polar surface area (TPSA) is 96.0 Å². The second kappa shape index (κ2) is 8.71. The van der Waals surface area contributed by atoms with Gasteiger partial charge in [-0.15, -0.1) is 10.2 Å². The fraction of sp³-hybridized carbons (Fsp3) is 0.444. The number of nitrogens with zero attached hydrogens (tertiary/aromatic N) is 2. The smallest absolute Gasteiger partial charge is 0.321 e. The Labute approximate surface area is 167 Å². The number of hydrogen-bond acceptors (Lipinski definition) is 6. The molecule has 0 atom stereocenters. The van der Waals surface area contributed by atoms with Crippen LogP contribution < -0.4 is 16.0 Å². The number of anilines is 2. The van der Waals surface area contributed by atoms with Crippen molar-refractivity contribution in [2.45, 2.75) is 51.4 Å². The van der Waals surface area contributed by atoms with E-state index >= 15 is 0 Å². The van der Waals surface area contributed by atoms with Gasteiger partial charge in [-0.1, -0.05) is 40.8 Å². The van der Waals surface area contributed by atoms with Crippen LogP contribution in [0, 0.1) is 20.8 Å². The maximum absolute atomic E-state index is 12.3. The zero-order valence-corrected chi connectivity index (χ0v) is 18.0. The number of thioether (sulfide) groups is 1. The Kier molecular flexibility index (Phi) is 6.83. The van der Waals surface area contributed by atoms with Crippen LogP contribution >= 0.6 is 23.1 Å². The maximum atomic E-state index is 12.3. The Morgan fingerprint density at radius 2 is 1.70 bits per heavy atom. The lowest BCUT2D eigenvalue weighted by molar-refractivity contribution is -0.113. The summed E-state index contributed by atoms with van der Waals surface area (Å²) in [5.41, 5.74) is 3.76. The minimum atomic E-state index is -0.337. The van der Waals surface area contributed by atoms with E-state index < -0.39 is 0 Å². The molecule has 0 saturated carbocycles. The second-order valence-corrected chi connectivity index (χ2v) is 9.51. The van der Waals surface area contributed by atoms with E-state index in [1.54, 1.807) is 0 Å². The minimum absolute atomic E-state index is 0.106. The summed E-state index contributed by atoms with van der Waals surface area (Å²) in [6, 6.07) is 3.75. The van der Waals surface area contributed by atoms with E-state index in [9.17, 15) is 9.59 Å². The van der Waals surface area contributed by atoms with Crippen LogP contribution in [-0.4, -0.2) is 33.4 Å². The van der Waals surface area contributed by atoms with E-state index in [2.05, 4.69) is 26.1 Å². The predicted molar refractivity (Wildman–Crippen MR) is 112 cm³/mol. The lowest BCUT2D eigenvalue weighted by Crippen LogP contribution is -2.43. The largest absolute Gasteiger partial charge is 0.333 e. The molecule has 1 heterocycles. The zero-order valence-electron chi connectivity index (χ0n) is 16.4. The molecule has 3 amide bonds. The highest BCUT2D eigenvalue weighted by Gasteiger charge is 2.16. The van der Waals surface area contributed by atoms with Crippen molar-refractivity contribution in [3.8, 4) is 0 Å². The molecule has 0 radical (unpaired) electrons. The van der Waals surface area contributed by atoms with Gasteiger partial charge in [0.2, 0.25) is 11.0 Å². The van der Waals surface area contributed by atoms with E-state index in [0.717, 1.165) is 16.8 Å². The van der Waals surface area contributed by atoms with Gasteiger partial charge in [0, 0.05) is 11.2 Å². The van der Waals surface area contributed by atoms with Crippen LogP contribution in [0.2, 0.25) is 0 Å². The molecule has 0 aliphatic carbocycles. The molecule has 0 bridgehead atoms. The Balaban J connectivity index is 1.88. The third-order valence-electron chi connectivity index (χ3n) is 3.38. The third kappa shape index (κ3) is 6.84. The Morgan fingerprint density at radius 3 is 2.30 bits per heavy atom. The highest BCUT2D eigenvalue weighted by molar-refractivity contribution is 8.01. The van der Waals surface area contributed by atoms with Crippen molar-refractivity contribution in [3.05, 3.63) is 28.8 Å². The molecule has 9 heteroatoms. The van der Waals surface area contributed by atoms with Crippen molar-refractivity contribution < 1.29 is 9.59 Å². The molecule has 0 aliphatic rings. The van der Waals surface area contributed by atoms with E-state index in [4.69, 9.17) is 0 Å². The van der Waals surface area contributed by atoms with Crippen LogP contribution in [0.3, 0.4) is 0 Å². The van der Waals surface area contributed by atoms with Crippen molar-refractivity contribution >= 4 is 45.9 Å². The minimum Gasteiger partial charge on any atom is -0.333 e. The van der Waals surface area contributed by atoms with Crippen LogP contribution in [0.4, 0.5) is 15.6 Å². The number of nitrogens with one attached hydrogen (secondary N) is 3. The Hall–Kier alpha value is -2.13. The summed E-state index contributed by atoms with van der Waals surface area (Å²) < 4.78 is 0.619. The average Bonchev–Trinajstić information content (AvgIpc) is 2.94. The molecule has 3 N–H and O–H groups in total. The lowest BCUT2D eigenvalue weighted by Gasteiger charge is -2.19. The first-order chi connectivity index (χ1) is 12.5. The number of amides is 3. The summed E-state index contributed by atoms with van der Waals surface area (Å²) in [6.45, 7) is 11.7. The van der Waals surface area contributed by atoms with Crippen molar-refractivity contribution in [2.24, 2.45) is 0 Å². The van der Waals surface area contributed by atoms with Gasteiger partial charge < -0.3 is 10.6 Å². The van der Waals surface area contributed by atoms with E-state index in [1.807, 2.05) is 53.7 Å². The summed E-state index contributed by atoms with van der Waals surface area (Å²) in [6.07, 6.45) is 0. The van der Waals surface area contributed by atoms with Crippen LogP contribution in [0.5, 0.6) is 0 Å². The molecule has 2 aromatic rings. The van der Waals surface area contributed by atoms with Gasteiger partial charge in [-0.2, -0.15) is 0 Å². The van der Waals surface area contributed by atoms with Gasteiger partial charge in [-0.3, -0.25) is 10.1 Å². The highest BCUT2D eigenvalue weighted by atomic mass is 32.2. The first-order valence-electron chi connectivity index (χ1n) is 8.46. The van der Waals surface area contributed by atoms with E-state index in [0.29, 0.717) is 9.47 Å². The molecule has 1 aromatic carbocycles. The summed E-state index contributed by atoms with van der Waals surface area (Å²) in [5, 5.41) is 16.7. The normalized spacial score (nSPS) is 11.2. The van der Waals surface area contributed by atoms with Gasteiger partial charge in [0.1, 0.15) is 0 Å². The third-order valence-corrected chi connectivity index (χ3v) is 5.36. The molecule has 0 aliphatic heterocycles. The standard InChI is InChI=1S/C18H25N5O2S2/c1-10-7-11(2)14(12(3)8-10)19-13(24)9-26-17-23-22-16(27-17)20-15(25)21-18(4,5)6/h7-8H,9H2,1-6H3,(H,19,24)(H2,20,21,22,25). The SMILES string of the molecule is Cc1cc(C)c(NC(=O)CSc2nnc(NC(=O)NC(C)(C)C)s2)c(C)c1.